The van der Waals surface area contributed by atoms with E-state index in [0.717, 1.165) is 11.8 Å². The first-order valence-corrected chi connectivity index (χ1v) is 13.5. The zero-order chi connectivity index (χ0) is 18.9. The van der Waals surface area contributed by atoms with E-state index in [1.54, 1.807) is 0 Å². The Balaban J connectivity index is 3.41. The van der Waals surface area contributed by atoms with Crippen LogP contribution in [0.1, 0.15) is 83.5 Å². The molecule has 0 radical (unpaired) electrons. The van der Waals surface area contributed by atoms with E-state index in [0.29, 0.717) is 0 Å². The minimum Gasteiger partial charge on any atom is -0.468 e. The summed E-state index contributed by atoms with van der Waals surface area (Å²) in [7, 11) is 1.42. The van der Waals surface area contributed by atoms with Crippen LogP contribution in [-0.2, 0) is 9.53 Å². The number of hydrogen-bond donors (Lipinski definition) is 0. The summed E-state index contributed by atoms with van der Waals surface area (Å²) in [5.41, 5.74) is 0. The summed E-state index contributed by atoms with van der Waals surface area (Å²) in [4.78, 5) is 11.5. The van der Waals surface area contributed by atoms with E-state index in [1.807, 2.05) is 0 Å². The molecule has 0 rings (SSSR count). The standard InChI is InChI=1S/C19H34Br4O2/c1-25-19(24)18(23)17(22)16(21)14-12-10-8-6-4-2-3-5-7-9-11-13-15-20/h16-18H,2-15H2,1H3. The third kappa shape index (κ3) is 15.0. The van der Waals surface area contributed by atoms with Crippen molar-refractivity contribution in [1.29, 1.82) is 0 Å². The number of halogens is 4. The minimum atomic E-state index is -0.304. The fourth-order valence-electron chi connectivity index (χ4n) is 2.79. The molecule has 25 heavy (non-hydrogen) atoms. The maximum Gasteiger partial charge on any atom is 0.320 e. The van der Waals surface area contributed by atoms with Crippen molar-refractivity contribution >= 4 is 69.7 Å². The molecule has 0 fully saturated rings. The van der Waals surface area contributed by atoms with E-state index in [9.17, 15) is 4.79 Å². The molecule has 0 spiro atoms. The summed E-state index contributed by atoms with van der Waals surface area (Å²) < 4.78 is 4.77. The zero-order valence-corrected chi connectivity index (χ0v) is 21.8. The lowest BCUT2D eigenvalue weighted by molar-refractivity contribution is -0.139. The number of hydrogen-bond acceptors (Lipinski definition) is 2. The first-order chi connectivity index (χ1) is 12.0. The molecule has 3 unspecified atom stereocenters. The largest absolute Gasteiger partial charge is 0.468 e. The highest BCUT2D eigenvalue weighted by atomic mass is 79.9. The van der Waals surface area contributed by atoms with Gasteiger partial charge in [0.15, 0.2) is 0 Å². The lowest BCUT2D eigenvalue weighted by Gasteiger charge is -2.20. The van der Waals surface area contributed by atoms with Crippen LogP contribution in [0.4, 0.5) is 0 Å². The van der Waals surface area contributed by atoms with Gasteiger partial charge in [0.25, 0.3) is 0 Å². The summed E-state index contributed by atoms with van der Waals surface area (Å²) in [6, 6.07) is 0. The van der Waals surface area contributed by atoms with Crippen molar-refractivity contribution in [2.75, 3.05) is 12.4 Å². The van der Waals surface area contributed by atoms with Gasteiger partial charge < -0.3 is 4.74 Å². The number of unbranched alkanes of at least 4 members (excludes halogenated alkanes) is 11. The number of ether oxygens (including phenoxy) is 1. The van der Waals surface area contributed by atoms with Gasteiger partial charge in [0.05, 0.1) is 11.9 Å². The third-order valence-corrected chi connectivity index (χ3v) is 9.53. The topological polar surface area (TPSA) is 26.3 Å². The van der Waals surface area contributed by atoms with Crippen LogP contribution in [0.2, 0.25) is 0 Å². The lowest BCUT2D eigenvalue weighted by atomic mass is 10.0. The van der Waals surface area contributed by atoms with Gasteiger partial charge in [-0.1, -0.05) is 134 Å². The molecular formula is C19H34Br4O2. The highest BCUT2D eigenvalue weighted by molar-refractivity contribution is 9.13. The van der Waals surface area contributed by atoms with Gasteiger partial charge in [-0.2, -0.15) is 0 Å². The number of esters is 1. The average Bonchev–Trinajstić information content (AvgIpc) is 2.63. The fourth-order valence-corrected chi connectivity index (χ4v) is 5.26. The molecule has 2 nitrogen and oxygen atoms in total. The van der Waals surface area contributed by atoms with E-state index < -0.39 is 0 Å². The maximum absolute atomic E-state index is 11.5. The van der Waals surface area contributed by atoms with Crippen molar-refractivity contribution in [3.63, 3.8) is 0 Å². The van der Waals surface area contributed by atoms with Gasteiger partial charge in [0, 0.05) is 10.2 Å². The molecule has 0 aromatic heterocycles. The molecule has 0 saturated carbocycles. The monoisotopic (exact) mass is 610 g/mol. The molecule has 3 atom stereocenters. The Morgan fingerprint density at radius 2 is 1.16 bits per heavy atom. The predicted octanol–water partition coefficient (Wildman–Crippen LogP) is 7.92. The summed E-state index contributed by atoms with van der Waals surface area (Å²) in [5, 5.41) is 1.15. The summed E-state index contributed by atoms with van der Waals surface area (Å²) in [5.74, 6) is -0.227. The van der Waals surface area contributed by atoms with Crippen LogP contribution in [0.15, 0.2) is 0 Å². The summed E-state index contributed by atoms with van der Waals surface area (Å²) >= 11 is 14.2. The molecule has 0 aromatic rings. The second-order valence-electron chi connectivity index (χ2n) is 6.61. The number of carbonyl (C=O) groups is 1. The predicted molar refractivity (Wildman–Crippen MR) is 124 cm³/mol. The van der Waals surface area contributed by atoms with Crippen molar-refractivity contribution in [2.24, 2.45) is 0 Å². The summed E-state index contributed by atoms with van der Waals surface area (Å²) in [6.45, 7) is 0. The van der Waals surface area contributed by atoms with Crippen LogP contribution in [-0.4, -0.2) is 32.9 Å². The molecule has 0 bridgehead atoms. The molecular weight excluding hydrogens is 580 g/mol. The molecule has 0 aliphatic carbocycles. The van der Waals surface area contributed by atoms with Crippen LogP contribution in [0.5, 0.6) is 0 Å². The molecule has 0 saturated heterocycles. The first-order valence-electron chi connectivity index (χ1n) is 9.60. The number of methoxy groups -OCH3 is 1. The molecule has 6 heteroatoms. The van der Waals surface area contributed by atoms with Crippen molar-refractivity contribution in [3.05, 3.63) is 0 Å². The van der Waals surface area contributed by atoms with Crippen molar-refractivity contribution in [2.45, 2.75) is 98.0 Å². The minimum absolute atomic E-state index is 0.0504. The van der Waals surface area contributed by atoms with E-state index in [2.05, 4.69) is 63.7 Å². The molecule has 0 N–H and O–H groups in total. The normalized spacial score (nSPS) is 14.9. The van der Waals surface area contributed by atoms with Gasteiger partial charge in [-0.3, -0.25) is 4.79 Å². The number of rotatable bonds is 17. The highest BCUT2D eigenvalue weighted by Crippen LogP contribution is 2.28. The Labute approximate surface area is 188 Å². The quantitative estimate of drug-likeness (QED) is 0.0947. The zero-order valence-electron chi connectivity index (χ0n) is 15.5. The Hall–Kier alpha value is 1.39. The van der Waals surface area contributed by atoms with Crippen molar-refractivity contribution < 1.29 is 9.53 Å². The first kappa shape index (κ1) is 26.4. The van der Waals surface area contributed by atoms with Crippen molar-refractivity contribution in [3.8, 4) is 0 Å². The smallest absolute Gasteiger partial charge is 0.320 e. The van der Waals surface area contributed by atoms with E-state index in [-0.39, 0.29) is 20.5 Å². The second kappa shape index (κ2) is 18.7. The van der Waals surface area contributed by atoms with Crippen LogP contribution in [0.25, 0.3) is 0 Å². The molecule has 0 amide bonds. The van der Waals surface area contributed by atoms with Crippen LogP contribution in [0.3, 0.4) is 0 Å². The molecule has 0 aromatic carbocycles. The van der Waals surface area contributed by atoms with Crippen LogP contribution >= 0.6 is 63.7 Å². The molecule has 150 valence electrons. The van der Waals surface area contributed by atoms with Crippen LogP contribution < -0.4 is 0 Å². The van der Waals surface area contributed by atoms with Crippen molar-refractivity contribution in [1.82, 2.24) is 0 Å². The second-order valence-corrected chi connectivity index (χ2v) is 10.6. The van der Waals surface area contributed by atoms with E-state index >= 15 is 0 Å². The average molecular weight is 614 g/mol. The van der Waals surface area contributed by atoms with Gasteiger partial charge in [0.1, 0.15) is 4.83 Å². The van der Waals surface area contributed by atoms with Gasteiger partial charge in [0.2, 0.25) is 0 Å². The van der Waals surface area contributed by atoms with Gasteiger partial charge in [-0.25, -0.2) is 0 Å². The van der Waals surface area contributed by atoms with Gasteiger partial charge in [-0.05, 0) is 12.8 Å². The van der Waals surface area contributed by atoms with E-state index in [1.165, 1.54) is 84.2 Å². The SMILES string of the molecule is COC(=O)C(Br)C(Br)C(Br)CCCCCCCCCCCCCCBr. The maximum atomic E-state index is 11.5. The third-order valence-electron chi connectivity index (χ3n) is 4.41. The number of carbonyl (C=O) groups excluding carboxylic acids is 1. The Morgan fingerprint density at radius 1 is 0.760 bits per heavy atom. The fraction of sp³-hybridized carbons (Fsp3) is 0.947. The lowest BCUT2D eigenvalue weighted by Crippen LogP contribution is -2.31. The Bertz CT molecular complexity index is 316. The van der Waals surface area contributed by atoms with Crippen LogP contribution in [0, 0.1) is 0 Å². The molecule has 0 heterocycles. The Morgan fingerprint density at radius 3 is 1.56 bits per heavy atom. The summed E-state index contributed by atoms with van der Waals surface area (Å²) in [6.07, 6.45) is 17.3. The van der Waals surface area contributed by atoms with E-state index in [4.69, 9.17) is 4.74 Å². The van der Waals surface area contributed by atoms with Gasteiger partial charge in [-0.15, -0.1) is 0 Å². The van der Waals surface area contributed by atoms with Gasteiger partial charge >= 0.3 is 5.97 Å². The number of alkyl halides is 4. The Kier molecular flexibility index (Phi) is 19.8. The molecule has 0 aliphatic heterocycles. The highest BCUT2D eigenvalue weighted by Gasteiger charge is 2.29. The molecule has 0 aliphatic rings.